The van der Waals surface area contributed by atoms with Crippen LogP contribution in [0.15, 0.2) is 24.3 Å². The van der Waals surface area contributed by atoms with E-state index in [0.717, 1.165) is 11.3 Å². The molecule has 1 aliphatic heterocycles. The van der Waals surface area contributed by atoms with Gasteiger partial charge in [-0.3, -0.25) is 0 Å². The summed E-state index contributed by atoms with van der Waals surface area (Å²) in [4.78, 5) is 0. The molecule has 1 saturated heterocycles. The van der Waals surface area contributed by atoms with Crippen molar-refractivity contribution >= 4 is 9.84 Å². The molecule has 0 bridgehead atoms. The molecule has 1 aromatic carbocycles. The van der Waals surface area contributed by atoms with Gasteiger partial charge in [0.15, 0.2) is 9.84 Å². The van der Waals surface area contributed by atoms with E-state index in [1.54, 1.807) is 7.11 Å². The lowest BCUT2D eigenvalue weighted by atomic mass is 10.2. The molecule has 1 heterocycles. The van der Waals surface area contributed by atoms with Crippen LogP contribution in [-0.2, 0) is 16.4 Å². The Morgan fingerprint density at radius 3 is 2.94 bits per heavy atom. The van der Waals surface area contributed by atoms with Crippen molar-refractivity contribution in [2.45, 2.75) is 19.0 Å². The van der Waals surface area contributed by atoms with E-state index in [4.69, 9.17) is 4.74 Å². The maximum absolute atomic E-state index is 11.3. The van der Waals surface area contributed by atoms with Gasteiger partial charge in [-0.05, 0) is 24.1 Å². The fourth-order valence-electron chi connectivity index (χ4n) is 2.00. The number of methoxy groups -OCH3 is 1. The van der Waals surface area contributed by atoms with Crippen molar-refractivity contribution in [2.75, 3.05) is 18.6 Å². The Hall–Kier alpha value is -1.07. The van der Waals surface area contributed by atoms with Gasteiger partial charge in [0.25, 0.3) is 0 Å². The lowest BCUT2D eigenvalue weighted by Crippen LogP contribution is -2.29. The number of ether oxygens (including phenoxy) is 1. The number of rotatable bonds is 4. The normalized spacial score (nSPS) is 22.5. The van der Waals surface area contributed by atoms with Gasteiger partial charge in [-0.25, -0.2) is 8.42 Å². The average Bonchev–Trinajstić information content (AvgIpc) is 2.67. The maximum Gasteiger partial charge on any atom is 0.151 e. The molecule has 5 heteroatoms. The van der Waals surface area contributed by atoms with Gasteiger partial charge in [-0.15, -0.1) is 0 Å². The van der Waals surface area contributed by atoms with Gasteiger partial charge in [0.2, 0.25) is 0 Å². The molecule has 1 N–H and O–H groups in total. The Morgan fingerprint density at radius 1 is 1.47 bits per heavy atom. The predicted octanol–water partition coefficient (Wildman–Crippen LogP) is 0.972. The van der Waals surface area contributed by atoms with E-state index >= 15 is 0 Å². The first-order chi connectivity index (χ1) is 8.09. The summed E-state index contributed by atoms with van der Waals surface area (Å²) in [5.74, 6) is 1.39. The van der Waals surface area contributed by atoms with Crippen LogP contribution in [0.4, 0.5) is 0 Å². The quantitative estimate of drug-likeness (QED) is 0.871. The van der Waals surface area contributed by atoms with E-state index in [1.165, 1.54) is 0 Å². The fourth-order valence-corrected chi connectivity index (χ4v) is 3.71. The van der Waals surface area contributed by atoms with Crippen LogP contribution in [0.2, 0.25) is 0 Å². The largest absolute Gasteiger partial charge is 0.497 e. The first-order valence-corrected chi connectivity index (χ1v) is 7.48. The topological polar surface area (TPSA) is 55.4 Å². The van der Waals surface area contributed by atoms with Gasteiger partial charge in [0.1, 0.15) is 5.75 Å². The summed E-state index contributed by atoms with van der Waals surface area (Å²) >= 11 is 0. The summed E-state index contributed by atoms with van der Waals surface area (Å²) in [5, 5.41) is 3.27. The zero-order valence-electron chi connectivity index (χ0n) is 9.85. The zero-order valence-corrected chi connectivity index (χ0v) is 10.7. The molecule has 1 unspecified atom stereocenters. The van der Waals surface area contributed by atoms with E-state index in [1.807, 2.05) is 24.3 Å². The molecule has 1 aromatic rings. The van der Waals surface area contributed by atoms with Gasteiger partial charge in [0, 0.05) is 12.6 Å². The molecule has 1 atom stereocenters. The highest BCUT2D eigenvalue weighted by atomic mass is 32.2. The van der Waals surface area contributed by atoms with E-state index in [2.05, 4.69) is 5.32 Å². The Labute approximate surface area is 102 Å². The number of benzene rings is 1. The van der Waals surface area contributed by atoms with Crippen LogP contribution < -0.4 is 10.1 Å². The molecule has 0 saturated carbocycles. The van der Waals surface area contributed by atoms with Crippen molar-refractivity contribution < 1.29 is 13.2 Å². The molecule has 2 rings (SSSR count). The lowest BCUT2D eigenvalue weighted by Gasteiger charge is -2.11. The third kappa shape index (κ3) is 3.44. The minimum absolute atomic E-state index is 0.0891. The van der Waals surface area contributed by atoms with Crippen molar-refractivity contribution in [3.8, 4) is 5.75 Å². The zero-order chi connectivity index (χ0) is 12.3. The van der Waals surface area contributed by atoms with Gasteiger partial charge in [-0.1, -0.05) is 12.1 Å². The first-order valence-electron chi connectivity index (χ1n) is 5.66. The van der Waals surface area contributed by atoms with Crippen LogP contribution >= 0.6 is 0 Å². The smallest absolute Gasteiger partial charge is 0.151 e. The summed E-state index contributed by atoms with van der Waals surface area (Å²) in [5.41, 5.74) is 1.11. The van der Waals surface area contributed by atoms with Crippen molar-refractivity contribution in [2.24, 2.45) is 0 Å². The van der Waals surface area contributed by atoms with E-state index in [-0.39, 0.29) is 11.8 Å². The minimum Gasteiger partial charge on any atom is -0.497 e. The minimum atomic E-state index is -2.80. The molecule has 0 radical (unpaired) electrons. The Morgan fingerprint density at radius 2 is 2.29 bits per heavy atom. The second kappa shape index (κ2) is 5.06. The summed E-state index contributed by atoms with van der Waals surface area (Å²) < 4.78 is 27.7. The number of hydrogen-bond donors (Lipinski definition) is 1. The van der Waals surface area contributed by atoms with Gasteiger partial charge in [-0.2, -0.15) is 0 Å². The van der Waals surface area contributed by atoms with Crippen molar-refractivity contribution in [1.29, 1.82) is 0 Å². The highest BCUT2D eigenvalue weighted by molar-refractivity contribution is 7.91. The van der Waals surface area contributed by atoms with Crippen molar-refractivity contribution in [3.05, 3.63) is 29.8 Å². The van der Waals surface area contributed by atoms with Gasteiger partial charge in [0.05, 0.1) is 18.6 Å². The third-order valence-corrected chi connectivity index (χ3v) is 4.73. The Balaban J connectivity index is 1.90. The molecule has 17 heavy (non-hydrogen) atoms. The monoisotopic (exact) mass is 255 g/mol. The summed E-state index contributed by atoms with van der Waals surface area (Å²) in [6, 6.07) is 7.87. The standard InChI is InChI=1S/C12H17NO3S/c1-16-12-4-2-3-10(7-12)8-13-11-5-6-17(14,15)9-11/h2-4,7,11,13H,5-6,8-9H2,1H3. The Kier molecular flexibility index (Phi) is 3.69. The van der Waals surface area contributed by atoms with E-state index < -0.39 is 9.84 Å². The van der Waals surface area contributed by atoms with E-state index in [0.29, 0.717) is 18.7 Å². The summed E-state index contributed by atoms with van der Waals surface area (Å²) in [6.07, 6.45) is 0.715. The number of nitrogens with one attached hydrogen (secondary N) is 1. The molecular weight excluding hydrogens is 238 g/mol. The highest BCUT2D eigenvalue weighted by Gasteiger charge is 2.27. The maximum atomic E-state index is 11.3. The van der Waals surface area contributed by atoms with E-state index in [9.17, 15) is 8.42 Å². The van der Waals surface area contributed by atoms with Crippen LogP contribution in [0.1, 0.15) is 12.0 Å². The van der Waals surface area contributed by atoms with Crippen LogP contribution in [0.3, 0.4) is 0 Å². The second-order valence-corrected chi connectivity index (χ2v) is 6.56. The Bertz CT molecular complexity index is 484. The molecule has 0 amide bonds. The second-order valence-electron chi connectivity index (χ2n) is 4.33. The third-order valence-electron chi connectivity index (χ3n) is 2.96. The predicted molar refractivity (Wildman–Crippen MR) is 66.9 cm³/mol. The lowest BCUT2D eigenvalue weighted by molar-refractivity contribution is 0.414. The molecule has 94 valence electrons. The van der Waals surface area contributed by atoms with Crippen LogP contribution in [0, 0.1) is 0 Å². The molecular formula is C12H17NO3S. The molecule has 0 aliphatic carbocycles. The fraction of sp³-hybridized carbons (Fsp3) is 0.500. The highest BCUT2D eigenvalue weighted by Crippen LogP contribution is 2.15. The summed E-state index contributed by atoms with van der Waals surface area (Å²) in [7, 11) is -1.16. The molecule has 4 nitrogen and oxygen atoms in total. The van der Waals surface area contributed by atoms with Crippen molar-refractivity contribution in [1.82, 2.24) is 5.32 Å². The summed E-state index contributed by atoms with van der Waals surface area (Å²) in [6.45, 7) is 0.678. The average molecular weight is 255 g/mol. The van der Waals surface area contributed by atoms with Crippen LogP contribution in [0.5, 0.6) is 5.75 Å². The molecule has 1 fully saturated rings. The SMILES string of the molecule is COc1cccc(CNC2CCS(=O)(=O)C2)c1. The van der Waals surface area contributed by atoms with Crippen LogP contribution in [0.25, 0.3) is 0 Å². The van der Waals surface area contributed by atoms with Crippen molar-refractivity contribution in [3.63, 3.8) is 0 Å². The first kappa shape index (κ1) is 12.4. The van der Waals surface area contributed by atoms with Gasteiger partial charge >= 0.3 is 0 Å². The molecule has 0 aromatic heterocycles. The van der Waals surface area contributed by atoms with Gasteiger partial charge < -0.3 is 10.1 Å². The number of hydrogen-bond acceptors (Lipinski definition) is 4. The number of sulfone groups is 1. The molecule has 1 aliphatic rings. The van der Waals surface area contributed by atoms with Crippen LogP contribution in [-0.4, -0.2) is 33.1 Å². The molecule has 0 spiro atoms.